The lowest BCUT2D eigenvalue weighted by atomic mass is 9.93. The zero-order valence-electron chi connectivity index (χ0n) is 12.1. The summed E-state index contributed by atoms with van der Waals surface area (Å²) in [5.74, 6) is -1.16. The predicted molar refractivity (Wildman–Crippen MR) is 84.3 cm³/mol. The van der Waals surface area contributed by atoms with Crippen LogP contribution in [-0.4, -0.2) is 22.3 Å². The Labute approximate surface area is 129 Å². The number of aldehydes is 1. The van der Waals surface area contributed by atoms with E-state index < -0.39 is 5.97 Å². The molecule has 0 aliphatic rings. The highest BCUT2D eigenvalue weighted by molar-refractivity contribution is 5.72. The second-order valence-electron chi connectivity index (χ2n) is 4.98. The number of aromatic nitrogens is 1. The number of rotatable bonds is 8. The molecule has 0 saturated heterocycles. The number of hydrogen-bond acceptors (Lipinski definition) is 4. The molecule has 1 unspecified atom stereocenters. The maximum atomic E-state index is 11.4. The molecule has 0 aliphatic carbocycles. The van der Waals surface area contributed by atoms with Crippen molar-refractivity contribution < 1.29 is 14.7 Å². The van der Waals surface area contributed by atoms with E-state index in [1.165, 1.54) is 0 Å². The van der Waals surface area contributed by atoms with E-state index in [4.69, 9.17) is 5.11 Å². The molecule has 0 radical (unpaired) electrons. The SMILES string of the molecule is O=CC(CCCC(=O)O)c1ccccc1Nc1cccnc1. The number of hydrogen-bond donors (Lipinski definition) is 2. The highest BCUT2D eigenvalue weighted by Gasteiger charge is 2.15. The lowest BCUT2D eigenvalue weighted by Crippen LogP contribution is -2.06. The summed E-state index contributed by atoms with van der Waals surface area (Å²) in [4.78, 5) is 26.1. The summed E-state index contributed by atoms with van der Waals surface area (Å²) in [6, 6.07) is 11.3. The van der Waals surface area contributed by atoms with Crippen LogP contribution >= 0.6 is 0 Å². The van der Waals surface area contributed by atoms with E-state index in [1.807, 2.05) is 36.4 Å². The Morgan fingerprint density at radius 3 is 2.77 bits per heavy atom. The number of pyridine rings is 1. The number of anilines is 2. The third-order valence-corrected chi connectivity index (χ3v) is 3.37. The molecule has 0 saturated carbocycles. The first kappa shape index (κ1) is 15.7. The van der Waals surface area contributed by atoms with Gasteiger partial charge in [0.05, 0.1) is 11.9 Å². The van der Waals surface area contributed by atoms with Crippen molar-refractivity contribution >= 4 is 23.6 Å². The van der Waals surface area contributed by atoms with E-state index in [1.54, 1.807) is 12.4 Å². The Balaban J connectivity index is 2.15. The largest absolute Gasteiger partial charge is 0.481 e. The van der Waals surface area contributed by atoms with Crippen LogP contribution in [0, 0.1) is 0 Å². The zero-order chi connectivity index (χ0) is 15.8. The quantitative estimate of drug-likeness (QED) is 0.730. The molecule has 5 heteroatoms. The minimum Gasteiger partial charge on any atom is -0.481 e. The number of para-hydroxylation sites is 1. The number of carboxylic acid groups (broad SMARTS) is 1. The van der Waals surface area contributed by atoms with Gasteiger partial charge in [-0.1, -0.05) is 18.2 Å². The van der Waals surface area contributed by atoms with Gasteiger partial charge in [0, 0.05) is 24.2 Å². The molecule has 0 amide bonds. The van der Waals surface area contributed by atoms with Gasteiger partial charge in [0.2, 0.25) is 0 Å². The molecule has 114 valence electrons. The van der Waals surface area contributed by atoms with Crippen LogP contribution in [0.3, 0.4) is 0 Å². The summed E-state index contributed by atoms with van der Waals surface area (Å²) in [7, 11) is 0. The summed E-state index contributed by atoms with van der Waals surface area (Å²) in [6.45, 7) is 0. The summed E-state index contributed by atoms with van der Waals surface area (Å²) in [5, 5.41) is 12.0. The third kappa shape index (κ3) is 4.41. The van der Waals surface area contributed by atoms with Crippen molar-refractivity contribution in [2.75, 3.05) is 5.32 Å². The van der Waals surface area contributed by atoms with Crippen molar-refractivity contribution in [1.29, 1.82) is 0 Å². The number of carbonyl (C=O) groups is 2. The molecule has 0 aliphatic heterocycles. The highest BCUT2D eigenvalue weighted by Crippen LogP contribution is 2.29. The molecule has 2 aromatic rings. The Hall–Kier alpha value is -2.69. The van der Waals surface area contributed by atoms with E-state index in [0.717, 1.165) is 23.2 Å². The molecular formula is C17H18N2O3. The van der Waals surface area contributed by atoms with E-state index in [-0.39, 0.29) is 12.3 Å². The Morgan fingerprint density at radius 1 is 1.27 bits per heavy atom. The van der Waals surface area contributed by atoms with E-state index in [2.05, 4.69) is 10.3 Å². The van der Waals surface area contributed by atoms with E-state index in [9.17, 15) is 9.59 Å². The van der Waals surface area contributed by atoms with Gasteiger partial charge in [-0.25, -0.2) is 0 Å². The molecule has 0 spiro atoms. The summed E-state index contributed by atoms with van der Waals surface area (Å²) < 4.78 is 0. The molecule has 1 aromatic carbocycles. The molecule has 1 atom stereocenters. The minimum atomic E-state index is -0.841. The predicted octanol–water partition coefficient (Wildman–Crippen LogP) is 3.36. The normalized spacial score (nSPS) is 11.6. The van der Waals surface area contributed by atoms with E-state index >= 15 is 0 Å². The van der Waals surface area contributed by atoms with Crippen LogP contribution < -0.4 is 5.32 Å². The third-order valence-electron chi connectivity index (χ3n) is 3.37. The second-order valence-corrected chi connectivity index (χ2v) is 4.98. The van der Waals surface area contributed by atoms with Gasteiger partial charge in [0.25, 0.3) is 0 Å². The van der Waals surface area contributed by atoms with Crippen LogP contribution in [-0.2, 0) is 9.59 Å². The van der Waals surface area contributed by atoms with Crippen molar-refractivity contribution in [2.45, 2.75) is 25.2 Å². The van der Waals surface area contributed by atoms with Gasteiger partial charge in [-0.05, 0) is 36.6 Å². The van der Waals surface area contributed by atoms with Crippen molar-refractivity contribution in [3.05, 3.63) is 54.4 Å². The first-order valence-corrected chi connectivity index (χ1v) is 7.14. The van der Waals surface area contributed by atoms with Gasteiger partial charge in [-0.2, -0.15) is 0 Å². The summed E-state index contributed by atoms with van der Waals surface area (Å²) in [6.07, 6.45) is 5.34. The number of carboxylic acids is 1. The standard InChI is InChI=1S/C17H18N2O3/c20-12-13(5-3-9-17(21)22)15-7-1-2-8-16(15)19-14-6-4-10-18-11-14/h1-2,4,6-8,10-13,19H,3,5,9H2,(H,21,22). The van der Waals surface area contributed by atoms with Gasteiger partial charge >= 0.3 is 5.97 Å². The van der Waals surface area contributed by atoms with Gasteiger partial charge in [-0.15, -0.1) is 0 Å². The molecule has 0 bridgehead atoms. The number of nitrogens with zero attached hydrogens (tertiary/aromatic N) is 1. The van der Waals surface area contributed by atoms with Gasteiger partial charge in [0.1, 0.15) is 6.29 Å². The zero-order valence-corrected chi connectivity index (χ0v) is 12.1. The number of carbonyl (C=O) groups excluding carboxylic acids is 1. The number of benzene rings is 1. The maximum Gasteiger partial charge on any atom is 0.303 e. The van der Waals surface area contributed by atoms with Crippen molar-refractivity contribution in [2.24, 2.45) is 0 Å². The van der Waals surface area contributed by atoms with Crippen molar-refractivity contribution in [1.82, 2.24) is 4.98 Å². The van der Waals surface area contributed by atoms with Gasteiger partial charge < -0.3 is 15.2 Å². The molecule has 22 heavy (non-hydrogen) atoms. The Morgan fingerprint density at radius 2 is 2.09 bits per heavy atom. The maximum absolute atomic E-state index is 11.4. The van der Waals surface area contributed by atoms with Gasteiger partial charge in [-0.3, -0.25) is 9.78 Å². The fraction of sp³-hybridized carbons (Fsp3) is 0.235. The van der Waals surface area contributed by atoms with Crippen LogP contribution in [0.15, 0.2) is 48.8 Å². The first-order chi connectivity index (χ1) is 10.7. The fourth-order valence-corrected chi connectivity index (χ4v) is 2.30. The van der Waals surface area contributed by atoms with Crippen LogP contribution in [0.2, 0.25) is 0 Å². The first-order valence-electron chi connectivity index (χ1n) is 7.14. The Bertz CT molecular complexity index is 629. The molecule has 1 heterocycles. The average Bonchev–Trinajstić information content (AvgIpc) is 2.53. The lowest BCUT2D eigenvalue weighted by Gasteiger charge is -2.16. The summed E-state index contributed by atoms with van der Waals surface area (Å²) in [5.41, 5.74) is 2.54. The summed E-state index contributed by atoms with van der Waals surface area (Å²) >= 11 is 0. The molecule has 2 rings (SSSR count). The van der Waals surface area contributed by atoms with Crippen molar-refractivity contribution in [3.8, 4) is 0 Å². The smallest absolute Gasteiger partial charge is 0.303 e. The van der Waals surface area contributed by atoms with Crippen molar-refractivity contribution in [3.63, 3.8) is 0 Å². The average molecular weight is 298 g/mol. The monoisotopic (exact) mass is 298 g/mol. The Kier molecular flexibility index (Phi) is 5.65. The minimum absolute atomic E-state index is 0.0720. The molecular weight excluding hydrogens is 280 g/mol. The molecule has 5 nitrogen and oxygen atoms in total. The van der Waals surface area contributed by atoms with Crippen LogP contribution in [0.4, 0.5) is 11.4 Å². The second kappa shape index (κ2) is 7.93. The topological polar surface area (TPSA) is 79.3 Å². The highest BCUT2D eigenvalue weighted by atomic mass is 16.4. The van der Waals surface area contributed by atoms with Gasteiger partial charge in [0.15, 0.2) is 0 Å². The molecule has 1 aromatic heterocycles. The fourth-order valence-electron chi connectivity index (χ4n) is 2.30. The van der Waals surface area contributed by atoms with Crippen LogP contribution in [0.1, 0.15) is 30.7 Å². The molecule has 0 fully saturated rings. The molecule has 2 N–H and O–H groups in total. The van der Waals surface area contributed by atoms with E-state index in [0.29, 0.717) is 12.8 Å². The van der Waals surface area contributed by atoms with Crippen LogP contribution in [0.25, 0.3) is 0 Å². The van der Waals surface area contributed by atoms with Crippen LogP contribution in [0.5, 0.6) is 0 Å². The lowest BCUT2D eigenvalue weighted by molar-refractivity contribution is -0.137. The number of aliphatic carboxylic acids is 1. The number of nitrogens with one attached hydrogen (secondary N) is 1.